The Morgan fingerprint density at radius 2 is 1.79 bits per heavy atom. The highest BCUT2D eigenvalue weighted by Gasteiger charge is 2.43. The second-order valence-corrected chi connectivity index (χ2v) is 7.75. The molecular formula is C21H29Cl2NO5. The van der Waals surface area contributed by atoms with E-state index in [9.17, 15) is 9.59 Å². The lowest BCUT2D eigenvalue weighted by Crippen LogP contribution is -2.51. The van der Waals surface area contributed by atoms with Crippen molar-refractivity contribution in [2.24, 2.45) is 0 Å². The van der Waals surface area contributed by atoms with Gasteiger partial charge in [-0.05, 0) is 43.9 Å². The molecule has 0 bridgehead atoms. The molecule has 162 valence electrons. The first-order valence-corrected chi connectivity index (χ1v) is 10.4. The quantitative estimate of drug-likeness (QED) is 0.361. The summed E-state index contributed by atoms with van der Waals surface area (Å²) in [6.07, 6.45) is 5.87. The summed E-state index contributed by atoms with van der Waals surface area (Å²) in [7, 11) is 0. The molecule has 0 spiro atoms. The fraction of sp³-hybridized carbons (Fsp3) is 0.524. The van der Waals surface area contributed by atoms with Crippen molar-refractivity contribution < 1.29 is 24.5 Å². The van der Waals surface area contributed by atoms with Crippen LogP contribution in [0.5, 0.6) is 0 Å². The Labute approximate surface area is 181 Å². The first-order valence-electron chi connectivity index (χ1n) is 9.63. The first-order chi connectivity index (χ1) is 13.7. The molecule has 1 aliphatic carbocycles. The van der Waals surface area contributed by atoms with E-state index in [2.05, 4.69) is 25.2 Å². The molecule has 1 aromatic carbocycles. The molecule has 3 N–H and O–H groups in total. The Morgan fingerprint density at radius 1 is 1.17 bits per heavy atom. The Kier molecular flexibility index (Phi) is 11.3. The SMILES string of the molecule is CCCOCCNC(C)C1(c2ccc(Cl)c(Cl)c2)CCC1.O=C(O)C=CC(=O)O. The van der Waals surface area contributed by atoms with E-state index in [4.69, 9.17) is 38.2 Å². The monoisotopic (exact) mass is 445 g/mol. The van der Waals surface area contributed by atoms with Crippen LogP contribution in [0.15, 0.2) is 30.4 Å². The van der Waals surface area contributed by atoms with E-state index >= 15 is 0 Å². The molecule has 0 aromatic heterocycles. The molecule has 1 aliphatic rings. The molecule has 0 aliphatic heterocycles. The number of carboxylic acid groups (broad SMARTS) is 2. The standard InChI is InChI=1S/C17H25Cl2NO.C4H4O4/c1-3-10-21-11-9-20-13(2)17(7-4-8-17)14-5-6-15(18)16(19)12-14;5-3(6)1-2-4(7)8/h5-6,12-13,20H,3-4,7-11H2,1-2H3;1-2H,(H,5,6)(H,7,8). The van der Waals surface area contributed by atoms with Gasteiger partial charge in [-0.2, -0.15) is 0 Å². The van der Waals surface area contributed by atoms with Crippen molar-refractivity contribution in [1.29, 1.82) is 0 Å². The molecule has 0 saturated heterocycles. The van der Waals surface area contributed by atoms with Gasteiger partial charge in [0.15, 0.2) is 0 Å². The zero-order chi connectivity index (χ0) is 21.9. The van der Waals surface area contributed by atoms with Gasteiger partial charge in [-0.1, -0.05) is 42.6 Å². The van der Waals surface area contributed by atoms with Gasteiger partial charge in [0.05, 0.1) is 16.7 Å². The minimum Gasteiger partial charge on any atom is -0.478 e. The van der Waals surface area contributed by atoms with Gasteiger partial charge < -0.3 is 20.3 Å². The third-order valence-electron chi connectivity index (χ3n) is 4.98. The summed E-state index contributed by atoms with van der Waals surface area (Å²) < 4.78 is 5.54. The minimum atomic E-state index is -1.26. The van der Waals surface area contributed by atoms with Gasteiger partial charge in [-0.3, -0.25) is 0 Å². The number of halogens is 2. The number of rotatable bonds is 10. The molecule has 6 nitrogen and oxygen atoms in total. The van der Waals surface area contributed by atoms with Crippen molar-refractivity contribution in [1.82, 2.24) is 5.32 Å². The Balaban J connectivity index is 0.000000447. The van der Waals surface area contributed by atoms with Crippen molar-refractivity contribution >= 4 is 35.1 Å². The van der Waals surface area contributed by atoms with Gasteiger partial charge in [-0.25, -0.2) is 9.59 Å². The average molecular weight is 446 g/mol. The fourth-order valence-electron chi connectivity index (χ4n) is 3.27. The van der Waals surface area contributed by atoms with Gasteiger partial charge in [0, 0.05) is 36.8 Å². The van der Waals surface area contributed by atoms with Crippen LogP contribution in [0.1, 0.15) is 45.1 Å². The second kappa shape index (κ2) is 12.9. The summed E-state index contributed by atoms with van der Waals surface area (Å²) in [6, 6.07) is 6.48. The minimum absolute atomic E-state index is 0.193. The number of hydrogen-bond donors (Lipinski definition) is 3. The van der Waals surface area contributed by atoms with Crippen molar-refractivity contribution in [2.75, 3.05) is 19.8 Å². The maximum absolute atomic E-state index is 9.55. The van der Waals surface area contributed by atoms with E-state index in [0.717, 1.165) is 26.2 Å². The summed E-state index contributed by atoms with van der Waals surface area (Å²) in [4.78, 5) is 19.1. The van der Waals surface area contributed by atoms with Gasteiger partial charge in [-0.15, -0.1) is 0 Å². The van der Waals surface area contributed by atoms with Gasteiger partial charge in [0.1, 0.15) is 0 Å². The van der Waals surface area contributed by atoms with Gasteiger partial charge in [0.25, 0.3) is 0 Å². The van der Waals surface area contributed by atoms with Gasteiger partial charge >= 0.3 is 11.9 Å². The van der Waals surface area contributed by atoms with Crippen molar-refractivity contribution in [3.63, 3.8) is 0 Å². The summed E-state index contributed by atoms with van der Waals surface area (Å²) >= 11 is 12.2. The summed E-state index contributed by atoms with van der Waals surface area (Å²) in [5.74, 6) is -2.51. The lowest BCUT2D eigenvalue weighted by molar-refractivity contribution is -0.134. The van der Waals surface area contributed by atoms with E-state index in [1.807, 2.05) is 12.1 Å². The maximum atomic E-state index is 9.55. The molecule has 1 aromatic rings. The number of hydrogen-bond acceptors (Lipinski definition) is 4. The maximum Gasteiger partial charge on any atom is 0.328 e. The lowest BCUT2D eigenvalue weighted by Gasteiger charge is -2.47. The molecule has 29 heavy (non-hydrogen) atoms. The van der Waals surface area contributed by atoms with Crippen LogP contribution in [0.25, 0.3) is 0 Å². The third-order valence-corrected chi connectivity index (χ3v) is 5.72. The summed E-state index contributed by atoms with van der Waals surface area (Å²) in [5, 5.41) is 20.5. The Bertz CT molecular complexity index is 688. The molecule has 8 heteroatoms. The van der Waals surface area contributed by atoms with Crippen molar-refractivity contribution in [3.8, 4) is 0 Å². The van der Waals surface area contributed by atoms with Crippen LogP contribution < -0.4 is 5.32 Å². The Morgan fingerprint density at radius 3 is 2.24 bits per heavy atom. The zero-order valence-electron chi connectivity index (χ0n) is 16.8. The highest BCUT2D eigenvalue weighted by molar-refractivity contribution is 6.42. The van der Waals surface area contributed by atoms with Gasteiger partial charge in [0.2, 0.25) is 0 Å². The van der Waals surface area contributed by atoms with E-state index in [-0.39, 0.29) is 5.41 Å². The van der Waals surface area contributed by atoms with Crippen LogP contribution in [0.3, 0.4) is 0 Å². The highest BCUT2D eigenvalue weighted by Crippen LogP contribution is 2.47. The van der Waals surface area contributed by atoms with Crippen LogP contribution in [0.2, 0.25) is 10.0 Å². The van der Waals surface area contributed by atoms with Crippen molar-refractivity contribution in [3.05, 3.63) is 46.0 Å². The molecule has 2 rings (SSSR count). The van der Waals surface area contributed by atoms with E-state index < -0.39 is 11.9 Å². The van der Waals surface area contributed by atoms with E-state index in [1.165, 1.54) is 24.8 Å². The van der Waals surface area contributed by atoms with Crippen molar-refractivity contribution in [2.45, 2.75) is 51.0 Å². The lowest BCUT2D eigenvalue weighted by atomic mass is 9.60. The second-order valence-electron chi connectivity index (χ2n) is 6.94. The predicted octanol–water partition coefficient (Wildman–Crippen LogP) is 4.53. The topological polar surface area (TPSA) is 95.9 Å². The highest BCUT2D eigenvalue weighted by atomic mass is 35.5. The van der Waals surface area contributed by atoms with Crippen LogP contribution >= 0.6 is 23.2 Å². The summed E-state index contributed by atoms with van der Waals surface area (Å²) in [5.41, 5.74) is 1.50. The van der Waals surface area contributed by atoms with E-state index in [0.29, 0.717) is 28.2 Å². The molecule has 1 unspecified atom stereocenters. The molecule has 0 radical (unpaired) electrons. The van der Waals surface area contributed by atoms with Crippen LogP contribution in [0, 0.1) is 0 Å². The molecule has 1 saturated carbocycles. The fourth-order valence-corrected chi connectivity index (χ4v) is 3.57. The van der Waals surface area contributed by atoms with E-state index in [1.54, 1.807) is 0 Å². The van der Waals surface area contributed by atoms with Crippen LogP contribution in [0.4, 0.5) is 0 Å². The number of carbonyl (C=O) groups is 2. The molecule has 1 atom stereocenters. The smallest absolute Gasteiger partial charge is 0.328 e. The number of aliphatic carboxylic acids is 2. The predicted molar refractivity (Wildman–Crippen MR) is 115 cm³/mol. The number of benzene rings is 1. The molecular weight excluding hydrogens is 417 g/mol. The number of carboxylic acids is 2. The molecule has 1 fully saturated rings. The zero-order valence-corrected chi connectivity index (χ0v) is 18.3. The number of ether oxygens (including phenoxy) is 1. The third kappa shape index (κ3) is 8.34. The first kappa shape index (κ1) is 25.4. The summed E-state index contributed by atoms with van der Waals surface area (Å²) in [6.45, 7) is 6.90. The van der Waals surface area contributed by atoms with Crippen LogP contribution in [-0.4, -0.2) is 48.0 Å². The average Bonchev–Trinajstić information content (AvgIpc) is 2.62. The molecule has 0 amide bonds. The molecule has 0 heterocycles. The number of nitrogens with one attached hydrogen (secondary N) is 1. The van der Waals surface area contributed by atoms with Crippen LogP contribution in [-0.2, 0) is 19.7 Å². The normalized spacial score (nSPS) is 15.9. The largest absolute Gasteiger partial charge is 0.478 e. The Hall–Kier alpha value is -1.60.